The van der Waals surface area contributed by atoms with Gasteiger partial charge in [0.2, 0.25) is 15.7 Å². The predicted molar refractivity (Wildman–Crippen MR) is 92.1 cm³/mol. The third kappa shape index (κ3) is 3.76. The SMILES string of the molecule is CCOc1ccc(S(=O)(=O)N2CCC(Oc3nccnc3C#N)C2)cc1. The lowest BCUT2D eigenvalue weighted by Crippen LogP contribution is -2.31. The molecule has 2 aromatic rings. The van der Waals surface area contributed by atoms with Gasteiger partial charge >= 0.3 is 0 Å². The Labute approximate surface area is 152 Å². The van der Waals surface area contributed by atoms with Crippen LogP contribution in [0.5, 0.6) is 11.6 Å². The largest absolute Gasteiger partial charge is 0.494 e. The molecule has 1 aliphatic heterocycles. The fourth-order valence-corrected chi connectivity index (χ4v) is 4.17. The summed E-state index contributed by atoms with van der Waals surface area (Å²) >= 11 is 0. The number of nitrogens with zero attached hydrogens (tertiary/aromatic N) is 4. The second-order valence-electron chi connectivity index (χ2n) is 5.62. The maximum atomic E-state index is 12.8. The highest BCUT2D eigenvalue weighted by molar-refractivity contribution is 7.89. The van der Waals surface area contributed by atoms with Gasteiger partial charge in [0.05, 0.1) is 18.0 Å². The van der Waals surface area contributed by atoms with Crippen LogP contribution in [-0.2, 0) is 10.0 Å². The normalized spacial score (nSPS) is 17.6. The van der Waals surface area contributed by atoms with E-state index in [9.17, 15) is 8.42 Å². The smallest absolute Gasteiger partial charge is 0.251 e. The molecule has 1 saturated heterocycles. The van der Waals surface area contributed by atoms with E-state index < -0.39 is 10.0 Å². The Morgan fingerprint density at radius 2 is 2.00 bits per heavy atom. The van der Waals surface area contributed by atoms with Crippen LogP contribution < -0.4 is 9.47 Å². The summed E-state index contributed by atoms with van der Waals surface area (Å²) in [5.74, 6) is 0.751. The Balaban J connectivity index is 1.70. The van der Waals surface area contributed by atoms with Crippen LogP contribution in [-0.4, -0.2) is 48.5 Å². The Morgan fingerprint density at radius 3 is 2.69 bits per heavy atom. The van der Waals surface area contributed by atoms with Crippen molar-refractivity contribution in [2.24, 2.45) is 0 Å². The van der Waals surface area contributed by atoms with Crippen molar-refractivity contribution in [2.75, 3.05) is 19.7 Å². The van der Waals surface area contributed by atoms with Crippen molar-refractivity contribution >= 4 is 10.0 Å². The zero-order valence-electron chi connectivity index (χ0n) is 14.2. The minimum atomic E-state index is -3.61. The predicted octanol–water partition coefficient (Wildman–Crippen LogP) is 1.59. The summed E-state index contributed by atoms with van der Waals surface area (Å²) in [7, 11) is -3.61. The van der Waals surface area contributed by atoms with Gasteiger partial charge in [-0.15, -0.1) is 0 Å². The van der Waals surface area contributed by atoms with E-state index in [2.05, 4.69) is 9.97 Å². The summed E-state index contributed by atoms with van der Waals surface area (Å²) in [5.41, 5.74) is 0.0836. The van der Waals surface area contributed by atoms with Crippen molar-refractivity contribution < 1.29 is 17.9 Å². The van der Waals surface area contributed by atoms with Crippen LogP contribution in [0.25, 0.3) is 0 Å². The van der Waals surface area contributed by atoms with Gasteiger partial charge in [0.15, 0.2) is 0 Å². The van der Waals surface area contributed by atoms with Gasteiger partial charge in [0.1, 0.15) is 17.9 Å². The number of nitriles is 1. The molecule has 0 N–H and O–H groups in total. The maximum absolute atomic E-state index is 12.8. The lowest BCUT2D eigenvalue weighted by atomic mass is 10.3. The molecule has 26 heavy (non-hydrogen) atoms. The average Bonchev–Trinajstić information content (AvgIpc) is 3.12. The molecule has 0 aliphatic carbocycles. The van der Waals surface area contributed by atoms with Crippen LogP contribution in [0.1, 0.15) is 19.0 Å². The van der Waals surface area contributed by atoms with E-state index in [-0.39, 0.29) is 29.1 Å². The molecule has 3 rings (SSSR count). The molecular weight excluding hydrogens is 356 g/mol. The second-order valence-corrected chi connectivity index (χ2v) is 7.56. The number of benzene rings is 1. The number of aromatic nitrogens is 2. The molecule has 1 aromatic heterocycles. The summed E-state index contributed by atoms with van der Waals surface area (Å²) in [6, 6.07) is 8.25. The molecule has 2 heterocycles. The highest BCUT2D eigenvalue weighted by Crippen LogP contribution is 2.25. The monoisotopic (exact) mass is 374 g/mol. The number of rotatable bonds is 6. The molecule has 1 atom stereocenters. The van der Waals surface area contributed by atoms with E-state index in [0.717, 1.165) is 0 Å². The van der Waals surface area contributed by atoms with Gasteiger partial charge in [-0.2, -0.15) is 9.57 Å². The van der Waals surface area contributed by atoms with E-state index in [1.165, 1.54) is 28.8 Å². The Bertz CT molecular complexity index is 909. The maximum Gasteiger partial charge on any atom is 0.251 e. The van der Waals surface area contributed by atoms with Crippen LogP contribution in [0.4, 0.5) is 0 Å². The minimum Gasteiger partial charge on any atom is -0.494 e. The van der Waals surface area contributed by atoms with Crippen molar-refractivity contribution in [3.63, 3.8) is 0 Å². The molecule has 0 amide bonds. The first kappa shape index (κ1) is 18.1. The third-order valence-corrected chi connectivity index (χ3v) is 5.81. The van der Waals surface area contributed by atoms with E-state index in [1.807, 2.05) is 13.0 Å². The lowest BCUT2D eigenvalue weighted by Gasteiger charge is -2.17. The van der Waals surface area contributed by atoms with Crippen molar-refractivity contribution in [3.05, 3.63) is 42.4 Å². The van der Waals surface area contributed by atoms with Crippen LogP contribution in [0, 0.1) is 11.3 Å². The van der Waals surface area contributed by atoms with Crippen molar-refractivity contribution in [2.45, 2.75) is 24.3 Å². The van der Waals surface area contributed by atoms with Gasteiger partial charge in [-0.25, -0.2) is 18.4 Å². The summed E-state index contributed by atoms with van der Waals surface area (Å²) in [4.78, 5) is 8.09. The minimum absolute atomic E-state index is 0.0836. The zero-order valence-corrected chi connectivity index (χ0v) is 15.0. The number of ether oxygens (including phenoxy) is 2. The van der Waals surface area contributed by atoms with E-state index in [4.69, 9.17) is 14.7 Å². The quantitative estimate of drug-likeness (QED) is 0.756. The van der Waals surface area contributed by atoms with Gasteiger partial charge in [0.25, 0.3) is 5.88 Å². The fraction of sp³-hybridized carbons (Fsp3) is 0.353. The van der Waals surface area contributed by atoms with E-state index >= 15 is 0 Å². The molecule has 1 fully saturated rings. The van der Waals surface area contributed by atoms with Gasteiger partial charge in [-0.3, -0.25) is 0 Å². The molecule has 9 heteroatoms. The molecule has 0 radical (unpaired) electrons. The van der Waals surface area contributed by atoms with Crippen molar-refractivity contribution in [1.29, 1.82) is 5.26 Å². The first-order valence-corrected chi connectivity index (χ1v) is 9.59. The molecule has 8 nitrogen and oxygen atoms in total. The number of hydrogen-bond acceptors (Lipinski definition) is 7. The fourth-order valence-electron chi connectivity index (χ4n) is 2.68. The molecule has 0 spiro atoms. The first-order chi connectivity index (χ1) is 12.5. The highest BCUT2D eigenvalue weighted by atomic mass is 32.2. The molecule has 136 valence electrons. The molecule has 0 saturated carbocycles. The topological polar surface area (TPSA) is 105 Å². The van der Waals surface area contributed by atoms with Crippen LogP contribution >= 0.6 is 0 Å². The summed E-state index contributed by atoms with van der Waals surface area (Å²) < 4.78 is 37.9. The average molecular weight is 374 g/mol. The second kappa shape index (κ2) is 7.68. The molecular formula is C17H18N4O4S. The summed E-state index contributed by atoms with van der Waals surface area (Å²) in [6.07, 6.45) is 2.97. The zero-order chi connectivity index (χ0) is 18.6. The van der Waals surface area contributed by atoms with Crippen molar-refractivity contribution in [1.82, 2.24) is 14.3 Å². The molecule has 1 unspecified atom stereocenters. The summed E-state index contributed by atoms with van der Waals surface area (Å²) in [5, 5.41) is 9.03. The van der Waals surface area contributed by atoms with Gasteiger partial charge in [-0.1, -0.05) is 0 Å². The Kier molecular flexibility index (Phi) is 5.35. The van der Waals surface area contributed by atoms with Gasteiger partial charge < -0.3 is 9.47 Å². The molecule has 1 aromatic carbocycles. The lowest BCUT2D eigenvalue weighted by molar-refractivity contribution is 0.205. The highest BCUT2D eigenvalue weighted by Gasteiger charge is 2.34. The van der Waals surface area contributed by atoms with E-state index in [1.54, 1.807) is 12.1 Å². The Hall–Kier alpha value is -2.70. The standard InChI is InChI=1S/C17H18N4O4S/c1-2-24-13-3-5-15(6-4-13)26(22,23)21-10-7-14(12-21)25-17-16(11-18)19-8-9-20-17/h3-6,8-9,14H,2,7,10,12H2,1H3. The van der Waals surface area contributed by atoms with Gasteiger partial charge in [0, 0.05) is 18.9 Å². The van der Waals surface area contributed by atoms with Crippen LogP contribution in [0.15, 0.2) is 41.6 Å². The van der Waals surface area contributed by atoms with Crippen LogP contribution in [0.3, 0.4) is 0 Å². The number of hydrogen-bond donors (Lipinski definition) is 0. The molecule has 1 aliphatic rings. The van der Waals surface area contributed by atoms with Gasteiger partial charge in [-0.05, 0) is 37.6 Å². The van der Waals surface area contributed by atoms with Crippen molar-refractivity contribution in [3.8, 4) is 17.7 Å². The van der Waals surface area contributed by atoms with E-state index in [0.29, 0.717) is 25.3 Å². The number of sulfonamides is 1. The summed E-state index contributed by atoms with van der Waals surface area (Å²) in [6.45, 7) is 2.91. The Morgan fingerprint density at radius 1 is 1.27 bits per heavy atom. The third-order valence-electron chi connectivity index (χ3n) is 3.93. The molecule has 0 bridgehead atoms. The first-order valence-electron chi connectivity index (χ1n) is 8.15. The van der Waals surface area contributed by atoms with Crippen LogP contribution in [0.2, 0.25) is 0 Å².